The molecular weight excluding hydrogens is 344 g/mol. The Balaban J connectivity index is 2.55. The SMILES string of the molecule is CC(C)OCC(C)(C)C(O)C=C[C@H]1C=CC(=O)[C@@H]1C/C=C\CCCC(=O)O. The van der Waals surface area contributed by atoms with E-state index in [4.69, 9.17) is 9.84 Å². The molecule has 1 aliphatic rings. The zero-order valence-electron chi connectivity index (χ0n) is 16.9. The molecule has 0 spiro atoms. The van der Waals surface area contributed by atoms with Gasteiger partial charge in [0.2, 0.25) is 0 Å². The molecule has 0 bridgehead atoms. The number of carbonyl (C=O) groups is 2. The van der Waals surface area contributed by atoms with E-state index >= 15 is 0 Å². The molecule has 1 rings (SSSR count). The van der Waals surface area contributed by atoms with Gasteiger partial charge in [0.1, 0.15) is 0 Å². The molecule has 0 aromatic rings. The first-order valence-corrected chi connectivity index (χ1v) is 9.70. The minimum Gasteiger partial charge on any atom is -0.481 e. The number of unbranched alkanes of at least 4 members (excludes halogenated alkanes) is 1. The average Bonchev–Trinajstić information content (AvgIpc) is 2.93. The largest absolute Gasteiger partial charge is 0.481 e. The van der Waals surface area contributed by atoms with Gasteiger partial charge in [-0.3, -0.25) is 9.59 Å². The quantitative estimate of drug-likeness (QED) is 0.397. The Hall–Kier alpha value is -1.72. The zero-order chi connectivity index (χ0) is 20.4. The van der Waals surface area contributed by atoms with Crippen molar-refractivity contribution in [1.82, 2.24) is 0 Å². The summed E-state index contributed by atoms with van der Waals surface area (Å²) in [5.41, 5.74) is -0.410. The van der Waals surface area contributed by atoms with Crippen molar-refractivity contribution in [2.45, 2.75) is 65.6 Å². The van der Waals surface area contributed by atoms with Gasteiger partial charge in [0, 0.05) is 23.7 Å². The Morgan fingerprint density at radius 1 is 1.33 bits per heavy atom. The molecule has 0 aromatic heterocycles. The molecule has 5 nitrogen and oxygen atoms in total. The number of carboxylic acids is 1. The fraction of sp³-hybridized carbons (Fsp3) is 0.636. The van der Waals surface area contributed by atoms with Gasteiger partial charge in [0.25, 0.3) is 0 Å². The molecule has 3 atom stereocenters. The summed E-state index contributed by atoms with van der Waals surface area (Å²) < 4.78 is 5.63. The Bertz CT molecular complexity index is 571. The number of carbonyl (C=O) groups excluding carboxylic acids is 1. The van der Waals surface area contributed by atoms with Crippen LogP contribution in [0.3, 0.4) is 0 Å². The summed E-state index contributed by atoms with van der Waals surface area (Å²) in [4.78, 5) is 22.6. The fourth-order valence-corrected chi connectivity index (χ4v) is 2.82. The summed E-state index contributed by atoms with van der Waals surface area (Å²) in [6.07, 6.45) is 12.6. The van der Waals surface area contributed by atoms with Crippen LogP contribution in [0.15, 0.2) is 36.5 Å². The van der Waals surface area contributed by atoms with E-state index in [1.54, 1.807) is 12.2 Å². The lowest BCUT2D eigenvalue weighted by Crippen LogP contribution is -2.33. The van der Waals surface area contributed by atoms with E-state index in [1.807, 2.05) is 52.0 Å². The van der Waals surface area contributed by atoms with Crippen LogP contribution < -0.4 is 0 Å². The fourth-order valence-electron chi connectivity index (χ4n) is 2.82. The molecule has 2 N–H and O–H groups in total. The number of aliphatic hydroxyl groups excluding tert-OH is 1. The standard InChI is InChI=1S/C22H34O5/c1-16(2)27-15-22(3,4)20(24)14-12-17-11-13-19(23)18(17)9-7-5-6-8-10-21(25)26/h5,7,11-14,16-18,20,24H,6,8-10,15H2,1-4H3,(H,25,26)/b7-5-,14-12?/t17-,18-,20?/m1/s1. The normalized spacial score (nSPS) is 21.8. The predicted molar refractivity (Wildman–Crippen MR) is 106 cm³/mol. The second kappa shape index (κ2) is 11.2. The monoisotopic (exact) mass is 378 g/mol. The summed E-state index contributed by atoms with van der Waals surface area (Å²) in [6, 6.07) is 0. The third-order valence-electron chi connectivity index (χ3n) is 4.74. The Morgan fingerprint density at radius 3 is 2.67 bits per heavy atom. The molecule has 0 aromatic carbocycles. The number of aliphatic carboxylic acids is 1. The Kier molecular flexibility index (Phi) is 9.67. The molecule has 1 aliphatic carbocycles. The van der Waals surface area contributed by atoms with Crippen molar-refractivity contribution in [3.8, 4) is 0 Å². The summed E-state index contributed by atoms with van der Waals surface area (Å²) in [6.45, 7) is 8.30. The second-order valence-corrected chi connectivity index (χ2v) is 8.12. The van der Waals surface area contributed by atoms with E-state index in [2.05, 4.69) is 0 Å². The molecule has 5 heteroatoms. The molecule has 0 radical (unpaired) electrons. The second-order valence-electron chi connectivity index (χ2n) is 8.12. The Morgan fingerprint density at radius 2 is 2.04 bits per heavy atom. The lowest BCUT2D eigenvalue weighted by molar-refractivity contribution is -0.137. The molecule has 0 fully saturated rings. The molecule has 0 heterocycles. The van der Waals surface area contributed by atoms with Crippen LogP contribution in [0, 0.1) is 17.3 Å². The zero-order valence-corrected chi connectivity index (χ0v) is 16.9. The first-order valence-electron chi connectivity index (χ1n) is 9.70. The smallest absolute Gasteiger partial charge is 0.303 e. The number of aliphatic hydroxyl groups is 1. The number of carboxylic acid groups (broad SMARTS) is 1. The highest BCUT2D eigenvalue weighted by molar-refractivity contribution is 5.95. The first kappa shape index (κ1) is 23.3. The molecular formula is C22H34O5. The van der Waals surface area contributed by atoms with E-state index in [9.17, 15) is 14.7 Å². The third-order valence-corrected chi connectivity index (χ3v) is 4.74. The van der Waals surface area contributed by atoms with Crippen molar-refractivity contribution in [1.29, 1.82) is 0 Å². The van der Waals surface area contributed by atoms with E-state index in [0.29, 0.717) is 25.9 Å². The lowest BCUT2D eigenvalue weighted by atomic mass is 9.85. The number of hydrogen-bond donors (Lipinski definition) is 2. The maximum Gasteiger partial charge on any atom is 0.303 e. The van der Waals surface area contributed by atoms with Crippen molar-refractivity contribution < 1.29 is 24.5 Å². The lowest BCUT2D eigenvalue weighted by Gasteiger charge is -2.29. The molecule has 27 heavy (non-hydrogen) atoms. The summed E-state index contributed by atoms with van der Waals surface area (Å²) in [5, 5.41) is 19.1. The minimum absolute atomic E-state index is 0.0300. The van der Waals surface area contributed by atoms with Crippen LogP contribution in [0.1, 0.15) is 53.4 Å². The maximum absolute atomic E-state index is 12.1. The molecule has 0 saturated carbocycles. The van der Waals surface area contributed by atoms with Crippen LogP contribution in [-0.4, -0.2) is 40.8 Å². The third kappa shape index (κ3) is 8.67. The van der Waals surface area contributed by atoms with Crippen molar-refractivity contribution in [2.75, 3.05) is 6.61 Å². The molecule has 0 aliphatic heterocycles. The Labute approximate surface area is 162 Å². The van der Waals surface area contributed by atoms with Crippen LogP contribution in [0.25, 0.3) is 0 Å². The van der Waals surface area contributed by atoms with Crippen LogP contribution in [0.2, 0.25) is 0 Å². The van der Waals surface area contributed by atoms with Gasteiger partial charge in [-0.15, -0.1) is 0 Å². The summed E-state index contributed by atoms with van der Waals surface area (Å²) >= 11 is 0. The number of allylic oxidation sites excluding steroid dienone is 5. The van der Waals surface area contributed by atoms with Gasteiger partial charge < -0.3 is 14.9 Å². The topological polar surface area (TPSA) is 83.8 Å². The first-order chi connectivity index (χ1) is 12.6. The van der Waals surface area contributed by atoms with E-state index in [-0.39, 0.29) is 30.1 Å². The number of ether oxygens (including phenoxy) is 1. The van der Waals surface area contributed by atoms with Gasteiger partial charge in [-0.05, 0) is 39.2 Å². The highest BCUT2D eigenvalue weighted by Crippen LogP contribution is 2.29. The van der Waals surface area contributed by atoms with Gasteiger partial charge >= 0.3 is 5.97 Å². The van der Waals surface area contributed by atoms with E-state index in [1.165, 1.54) is 0 Å². The number of hydrogen-bond acceptors (Lipinski definition) is 4. The number of rotatable bonds is 12. The van der Waals surface area contributed by atoms with Gasteiger partial charge in [0.05, 0.1) is 18.8 Å². The highest BCUT2D eigenvalue weighted by atomic mass is 16.5. The average molecular weight is 379 g/mol. The van der Waals surface area contributed by atoms with Crippen molar-refractivity contribution in [3.63, 3.8) is 0 Å². The maximum atomic E-state index is 12.1. The van der Waals surface area contributed by atoms with Gasteiger partial charge in [-0.1, -0.05) is 44.2 Å². The molecule has 0 amide bonds. The van der Waals surface area contributed by atoms with Crippen molar-refractivity contribution in [3.05, 3.63) is 36.5 Å². The predicted octanol–water partition coefficient (Wildman–Crippen LogP) is 3.93. The van der Waals surface area contributed by atoms with Crippen LogP contribution in [0.5, 0.6) is 0 Å². The molecule has 152 valence electrons. The minimum atomic E-state index is -0.788. The summed E-state index contributed by atoms with van der Waals surface area (Å²) in [7, 11) is 0. The van der Waals surface area contributed by atoms with Gasteiger partial charge in [-0.25, -0.2) is 0 Å². The van der Waals surface area contributed by atoms with E-state index < -0.39 is 17.5 Å². The van der Waals surface area contributed by atoms with Crippen molar-refractivity contribution in [2.24, 2.45) is 17.3 Å². The van der Waals surface area contributed by atoms with Crippen LogP contribution in [-0.2, 0) is 14.3 Å². The van der Waals surface area contributed by atoms with Gasteiger partial charge in [0.15, 0.2) is 5.78 Å². The van der Waals surface area contributed by atoms with Crippen LogP contribution in [0.4, 0.5) is 0 Å². The molecule has 1 unspecified atom stereocenters. The highest BCUT2D eigenvalue weighted by Gasteiger charge is 2.30. The van der Waals surface area contributed by atoms with E-state index in [0.717, 1.165) is 0 Å². The van der Waals surface area contributed by atoms with Crippen molar-refractivity contribution >= 4 is 11.8 Å². The van der Waals surface area contributed by atoms with Crippen LogP contribution >= 0.6 is 0 Å². The summed E-state index contributed by atoms with van der Waals surface area (Å²) in [5.74, 6) is -0.877. The molecule has 0 saturated heterocycles. The number of ketones is 1. The van der Waals surface area contributed by atoms with Gasteiger partial charge in [-0.2, -0.15) is 0 Å².